The molecule has 8 bridgehead atoms. The Hall–Kier alpha value is -3.56. The summed E-state index contributed by atoms with van der Waals surface area (Å²) in [6.07, 6.45) is 6.92. The number of guanidine groups is 2. The fourth-order valence-electron chi connectivity index (χ4n) is 3.11. The summed E-state index contributed by atoms with van der Waals surface area (Å²) >= 11 is 0. The number of hydrogen-bond acceptors (Lipinski definition) is 8. The minimum atomic E-state index is -0.497. The summed E-state index contributed by atoms with van der Waals surface area (Å²) in [5, 5.41) is 0. The van der Waals surface area contributed by atoms with E-state index in [9.17, 15) is 0 Å². The van der Waals surface area contributed by atoms with Crippen LogP contribution in [0.5, 0.6) is 0 Å². The Balaban J connectivity index is 1.70. The van der Waals surface area contributed by atoms with E-state index >= 15 is 0 Å². The molecule has 0 aliphatic carbocycles. The highest BCUT2D eigenvalue weighted by atomic mass is 15.2. The highest BCUT2D eigenvalue weighted by Crippen LogP contribution is 2.31. The molecule has 0 spiro atoms. The van der Waals surface area contributed by atoms with Crippen LogP contribution in [-0.2, 0) is 5.41 Å². The molecule has 10 heteroatoms. The molecule has 2 aromatic heterocycles. The second kappa shape index (κ2) is 5.47. The van der Waals surface area contributed by atoms with Gasteiger partial charge in [0.1, 0.15) is 0 Å². The van der Waals surface area contributed by atoms with E-state index in [1.807, 2.05) is 13.8 Å². The van der Waals surface area contributed by atoms with Gasteiger partial charge in [-0.25, -0.2) is 29.9 Å². The normalized spacial score (nSPS) is 23.1. The molecule has 5 heterocycles. The van der Waals surface area contributed by atoms with Crippen molar-refractivity contribution in [1.82, 2.24) is 19.9 Å². The first-order chi connectivity index (χ1) is 13.3. The zero-order valence-electron chi connectivity index (χ0n) is 15.9. The zero-order chi connectivity index (χ0) is 19.5. The SMILES string of the molecule is CC1(C)C2=NC(=Nc3ncc([nH]3)C(C)(C)c3cnc([nH]3)/N=C3/N=CC1=N3)N=C2. The smallest absolute Gasteiger partial charge is 0.252 e. The number of aliphatic imine (C=N–C) groups is 6. The molecule has 0 unspecified atom stereocenters. The average Bonchev–Trinajstić information content (AvgIpc) is 3.42. The fourth-order valence-corrected chi connectivity index (χ4v) is 3.11. The highest BCUT2D eigenvalue weighted by Gasteiger charge is 2.34. The maximum Gasteiger partial charge on any atom is 0.252 e. The standard InChI is InChI=1S/C18H18N10/c1-17(2)9-5-19-13(23-9)27-15-21-7-11(25-15)18(3,4)12-8-22-16(26-12)28-14-20-6-10(17)24-14/h5-8H,1-4H3,(H,19,23)(H,20,24)/b27-15-,28-16?. The molecule has 0 aromatic carbocycles. The lowest BCUT2D eigenvalue weighted by molar-refractivity contribution is 0.603. The van der Waals surface area contributed by atoms with Crippen LogP contribution in [0.15, 0.2) is 42.3 Å². The van der Waals surface area contributed by atoms with Crippen LogP contribution in [0.4, 0.5) is 11.9 Å². The third-order valence-corrected chi connectivity index (χ3v) is 5.21. The van der Waals surface area contributed by atoms with Crippen molar-refractivity contribution in [1.29, 1.82) is 0 Å². The van der Waals surface area contributed by atoms with Crippen LogP contribution in [0, 0.1) is 5.41 Å². The molecule has 2 N–H and O–H groups in total. The quantitative estimate of drug-likeness (QED) is 0.733. The predicted molar refractivity (Wildman–Crippen MR) is 109 cm³/mol. The molecule has 10 nitrogen and oxygen atoms in total. The minimum Gasteiger partial charge on any atom is -0.325 e. The molecule has 0 atom stereocenters. The molecule has 140 valence electrons. The molecule has 0 amide bonds. The monoisotopic (exact) mass is 374 g/mol. The molecule has 2 aromatic rings. The highest BCUT2D eigenvalue weighted by molar-refractivity contribution is 6.52. The number of fused-ring (bicyclic) bond motifs is 6. The third-order valence-electron chi connectivity index (χ3n) is 5.21. The van der Waals surface area contributed by atoms with E-state index in [0.717, 1.165) is 22.8 Å². The lowest BCUT2D eigenvalue weighted by atomic mass is 9.83. The lowest BCUT2D eigenvalue weighted by Crippen LogP contribution is -2.34. The first-order valence-electron chi connectivity index (χ1n) is 8.87. The summed E-state index contributed by atoms with van der Waals surface area (Å²) < 4.78 is 0. The first-order valence-corrected chi connectivity index (χ1v) is 8.87. The van der Waals surface area contributed by atoms with E-state index in [2.05, 4.69) is 63.7 Å². The minimum absolute atomic E-state index is 0.349. The molecule has 5 rings (SSSR count). The van der Waals surface area contributed by atoms with Gasteiger partial charge in [-0.15, -0.1) is 0 Å². The van der Waals surface area contributed by atoms with Crippen LogP contribution in [0.1, 0.15) is 39.1 Å². The molecular formula is C18H18N10. The van der Waals surface area contributed by atoms with Crippen LogP contribution >= 0.6 is 0 Å². The summed E-state index contributed by atoms with van der Waals surface area (Å²) in [6.45, 7) is 8.13. The van der Waals surface area contributed by atoms with E-state index < -0.39 is 10.8 Å². The Morgan fingerprint density at radius 3 is 1.57 bits per heavy atom. The van der Waals surface area contributed by atoms with Gasteiger partial charge in [-0.3, -0.25) is 0 Å². The largest absolute Gasteiger partial charge is 0.325 e. The first kappa shape index (κ1) is 16.6. The van der Waals surface area contributed by atoms with Gasteiger partial charge in [0, 0.05) is 16.8 Å². The Kier molecular flexibility index (Phi) is 3.25. The summed E-state index contributed by atoms with van der Waals surface area (Å²) in [5.74, 6) is 1.60. The van der Waals surface area contributed by atoms with Crippen molar-refractivity contribution in [3.8, 4) is 0 Å². The second-order valence-corrected chi connectivity index (χ2v) is 7.83. The Morgan fingerprint density at radius 1 is 0.643 bits per heavy atom. The van der Waals surface area contributed by atoms with Gasteiger partial charge >= 0.3 is 0 Å². The molecular weight excluding hydrogens is 356 g/mol. The maximum absolute atomic E-state index is 4.55. The summed E-state index contributed by atoms with van der Waals surface area (Å²) in [6, 6.07) is 0. The van der Waals surface area contributed by atoms with E-state index in [1.54, 1.807) is 24.8 Å². The van der Waals surface area contributed by atoms with Crippen LogP contribution in [0.2, 0.25) is 0 Å². The molecule has 3 aliphatic rings. The van der Waals surface area contributed by atoms with Crippen molar-refractivity contribution < 1.29 is 0 Å². The van der Waals surface area contributed by atoms with Crippen molar-refractivity contribution in [3.05, 3.63) is 23.8 Å². The zero-order valence-corrected chi connectivity index (χ0v) is 15.9. The van der Waals surface area contributed by atoms with Crippen LogP contribution in [0.3, 0.4) is 0 Å². The summed E-state index contributed by atoms with van der Waals surface area (Å²) in [5.41, 5.74) is 2.36. The number of rotatable bonds is 0. The summed E-state index contributed by atoms with van der Waals surface area (Å²) in [7, 11) is 0. The lowest BCUT2D eigenvalue weighted by Gasteiger charge is -2.21. The Bertz CT molecular complexity index is 1070. The summed E-state index contributed by atoms with van der Waals surface area (Å²) in [4.78, 5) is 41.8. The van der Waals surface area contributed by atoms with E-state index in [-0.39, 0.29) is 0 Å². The van der Waals surface area contributed by atoms with Crippen molar-refractivity contribution >= 4 is 47.7 Å². The van der Waals surface area contributed by atoms with Crippen LogP contribution in [0.25, 0.3) is 0 Å². The van der Waals surface area contributed by atoms with Crippen molar-refractivity contribution in [2.24, 2.45) is 35.4 Å². The van der Waals surface area contributed by atoms with E-state index in [1.165, 1.54) is 0 Å². The number of aromatic amines is 2. The number of hydrogen-bond donors (Lipinski definition) is 2. The third kappa shape index (κ3) is 2.48. The molecule has 28 heavy (non-hydrogen) atoms. The molecule has 0 radical (unpaired) electrons. The van der Waals surface area contributed by atoms with Crippen molar-refractivity contribution in [2.75, 3.05) is 0 Å². The second-order valence-electron chi connectivity index (χ2n) is 7.83. The van der Waals surface area contributed by atoms with Gasteiger partial charge in [-0.2, -0.15) is 9.98 Å². The van der Waals surface area contributed by atoms with Gasteiger partial charge in [0.15, 0.2) is 0 Å². The van der Waals surface area contributed by atoms with E-state index in [4.69, 9.17) is 0 Å². The molecule has 0 saturated heterocycles. The molecule has 3 aliphatic heterocycles. The van der Waals surface area contributed by atoms with Gasteiger partial charge in [0.2, 0.25) is 11.9 Å². The Morgan fingerprint density at radius 2 is 1.11 bits per heavy atom. The number of aromatic nitrogens is 4. The number of H-pyrrole nitrogens is 2. The van der Waals surface area contributed by atoms with E-state index in [0.29, 0.717) is 23.8 Å². The van der Waals surface area contributed by atoms with Gasteiger partial charge < -0.3 is 9.97 Å². The fraction of sp³-hybridized carbons (Fsp3) is 0.333. The van der Waals surface area contributed by atoms with Gasteiger partial charge in [0.25, 0.3) is 11.9 Å². The number of nitrogens with zero attached hydrogens (tertiary/aromatic N) is 8. The Labute approximate surface area is 160 Å². The van der Waals surface area contributed by atoms with Crippen molar-refractivity contribution in [3.63, 3.8) is 0 Å². The predicted octanol–water partition coefficient (Wildman–Crippen LogP) is 2.52. The van der Waals surface area contributed by atoms with Gasteiger partial charge in [-0.1, -0.05) is 0 Å². The van der Waals surface area contributed by atoms with Gasteiger partial charge in [0.05, 0.1) is 41.7 Å². The topological polar surface area (TPSA) is 132 Å². The number of imidazole rings is 2. The average molecular weight is 374 g/mol. The maximum atomic E-state index is 4.55. The molecule has 0 fully saturated rings. The molecule has 0 saturated carbocycles. The van der Waals surface area contributed by atoms with Crippen molar-refractivity contribution in [2.45, 2.75) is 33.1 Å². The van der Waals surface area contributed by atoms with Gasteiger partial charge in [-0.05, 0) is 27.7 Å². The number of nitrogens with one attached hydrogen (secondary N) is 2. The van der Waals surface area contributed by atoms with Crippen LogP contribution < -0.4 is 0 Å². The van der Waals surface area contributed by atoms with Crippen LogP contribution in [-0.4, -0.2) is 55.7 Å².